The maximum absolute atomic E-state index is 17.0. The molecular weight excluding hydrogens is 614 g/mol. The Bertz CT molecular complexity index is 1870. The third-order valence-corrected chi connectivity index (χ3v) is 10.6. The topological polar surface area (TPSA) is 92.7 Å². The van der Waals surface area contributed by atoms with Crippen LogP contribution in [0, 0.1) is 5.82 Å². The van der Waals surface area contributed by atoms with Gasteiger partial charge in [-0.3, -0.25) is 14.7 Å². The van der Waals surface area contributed by atoms with E-state index in [9.17, 15) is 9.18 Å². The normalized spacial score (nSPS) is 23.7. The molecule has 11 heteroatoms. The van der Waals surface area contributed by atoms with Crippen LogP contribution in [0.2, 0.25) is 0 Å². The molecule has 0 aliphatic carbocycles. The van der Waals surface area contributed by atoms with Crippen LogP contribution in [-0.4, -0.2) is 83.8 Å². The number of ether oxygens (including phenoxy) is 2. The predicted octanol–water partition coefficient (Wildman–Crippen LogP) is 6.14. The van der Waals surface area contributed by atoms with Crippen molar-refractivity contribution in [1.29, 1.82) is 0 Å². The van der Waals surface area contributed by atoms with Crippen molar-refractivity contribution in [2.24, 2.45) is 0 Å². The van der Waals surface area contributed by atoms with Crippen molar-refractivity contribution in [1.82, 2.24) is 25.2 Å². The Morgan fingerprint density at radius 3 is 2.75 bits per heavy atom. The summed E-state index contributed by atoms with van der Waals surface area (Å²) in [6, 6.07) is 11.9. The number of hydrogen-bond acceptors (Lipinski definition) is 9. The van der Waals surface area contributed by atoms with Gasteiger partial charge in [0.2, 0.25) is 0 Å². The van der Waals surface area contributed by atoms with Crippen molar-refractivity contribution in [3.8, 4) is 17.3 Å². The molecule has 5 heterocycles. The third-order valence-electron chi connectivity index (χ3n) is 10.6. The molecule has 0 spiro atoms. The van der Waals surface area contributed by atoms with E-state index >= 15 is 4.39 Å². The van der Waals surface area contributed by atoms with Crippen LogP contribution in [0.5, 0.6) is 6.01 Å². The highest BCUT2D eigenvalue weighted by Crippen LogP contribution is 2.42. The zero-order chi connectivity index (χ0) is 33.3. The zero-order valence-electron chi connectivity index (χ0n) is 27.6. The number of piperidine rings is 1. The summed E-state index contributed by atoms with van der Waals surface area (Å²) < 4.78 is 41.9. The summed E-state index contributed by atoms with van der Waals surface area (Å²) in [4.78, 5) is 29.5. The number of nitrogens with zero attached hydrogens (tertiary/aromatic N) is 5. The maximum Gasteiger partial charge on any atom is 0.319 e. The van der Waals surface area contributed by atoms with E-state index in [0.717, 1.165) is 67.0 Å². The maximum atomic E-state index is 17.0. The molecule has 0 bridgehead atoms. The molecular formula is C37H42F2N6O3. The Balaban J connectivity index is 1.32. The molecule has 4 aromatic rings. The molecule has 3 saturated heterocycles. The van der Waals surface area contributed by atoms with Gasteiger partial charge in [0.15, 0.2) is 5.82 Å². The number of likely N-dealkylation sites (N-methyl/N-ethyl adjacent to an activating group) is 1. The Kier molecular flexibility index (Phi) is 9.00. The number of fused-ring (bicyclic) bond motifs is 3. The monoisotopic (exact) mass is 656 g/mol. The summed E-state index contributed by atoms with van der Waals surface area (Å²) >= 11 is 0. The fourth-order valence-corrected chi connectivity index (χ4v) is 8.01. The molecule has 48 heavy (non-hydrogen) atoms. The van der Waals surface area contributed by atoms with Gasteiger partial charge < -0.3 is 19.7 Å². The minimum absolute atomic E-state index is 0.109. The molecule has 3 fully saturated rings. The first-order chi connectivity index (χ1) is 23.4. The van der Waals surface area contributed by atoms with Gasteiger partial charge in [0, 0.05) is 36.9 Å². The highest BCUT2D eigenvalue weighted by atomic mass is 19.1. The van der Waals surface area contributed by atoms with Crippen LogP contribution in [0.25, 0.3) is 32.9 Å². The Morgan fingerprint density at radius 2 is 1.94 bits per heavy atom. The molecule has 2 atom stereocenters. The molecule has 1 N–H and O–H groups in total. The lowest BCUT2D eigenvalue weighted by Crippen LogP contribution is -2.54. The van der Waals surface area contributed by atoms with E-state index in [0.29, 0.717) is 68.8 Å². The molecule has 0 amide bonds. The average molecular weight is 657 g/mol. The van der Waals surface area contributed by atoms with Crippen molar-refractivity contribution in [2.75, 3.05) is 51.3 Å². The van der Waals surface area contributed by atoms with Crippen LogP contribution in [-0.2, 0) is 16.0 Å². The second kappa shape index (κ2) is 13.4. The summed E-state index contributed by atoms with van der Waals surface area (Å²) in [5.41, 5.74) is 2.36. The van der Waals surface area contributed by atoms with E-state index in [4.69, 9.17) is 24.4 Å². The second-order valence-electron chi connectivity index (χ2n) is 13.7. The number of hydrogen-bond donors (Lipinski definition) is 1. The molecule has 3 aliphatic rings. The minimum atomic E-state index is -0.537. The van der Waals surface area contributed by atoms with Crippen molar-refractivity contribution in [3.63, 3.8) is 0 Å². The van der Waals surface area contributed by atoms with E-state index < -0.39 is 5.82 Å². The van der Waals surface area contributed by atoms with Crippen LogP contribution < -0.4 is 15.0 Å². The number of aromatic nitrogens is 3. The molecule has 0 saturated carbocycles. The van der Waals surface area contributed by atoms with Crippen molar-refractivity contribution in [3.05, 3.63) is 65.9 Å². The number of carbonyl (C=O) groups excluding carboxylic acids is 1. The number of nitrogens with one attached hydrogen (secondary N) is 1. The van der Waals surface area contributed by atoms with E-state index in [1.165, 1.54) is 0 Å². The molecule has 7 rings (SSSR count). The Labute approximate surface area is 279 Å². The van der Waals surface area contributed by atoms with E-state index in [1.807, 2.05) is 43.4 Å². The molecule has 2 aromatic heterocycles. The number of halogens is 2. The molecule has 252 valence electrons. The number of benzene rings is 2. The summed E-state index contributed by atoms with van der Waals surface area (Å²) in [5.74, 6) is 0.0598. The lowest BCUT2D eigenvalue weighted by atomic mass is 9.91. The van der Waals surface area contributed by atoms with Gasteiger partial charge in [-0.25, -0.2) is 8.78 Å². The number of anilines is 1. The summed E-state index contributed by atoms with van der Waals surface area (Å²) in [7, 11) is 1.96. The number of pyridine rings is 1. The minimum Gasteiger partial charge on any atom is -0.468 e. The molecule has 9 nitrogen and oxygen atoms in total. The first kappa shape index (κ1) is 32.3. The molecule has 0 radical (unpaired) electrons. The number of carbonyl (C=O) groups is 1. The van der Waals surface area contributed by atoms with Gasteiger partial charge in [-0.2, -0.15) is 9.97 Å². The third kappa shape index (κ3) is 5.98. The second-order valence-corrected chi connectivity index (χ2v) is 13.7. The van der Waals surface area contributed by atoms with Crippen molar-refractivity contribution < 1.29 is 23.0 Å². The van der Waals surface area contributed by atoms with Gasteiger partial charge in [0.05, 0.1) is 23.9 Å². The standard InChI is InChI=1S/C37H42F2N6O3/c1-36(40-2)13-6-15-44(22-36)34-29-20-41-32(28-12-4-10-26-8-3-9-27(30(26)28)11-5-17-47-24-46)31(39)33(29)42-35(43-34)48-23-37-14-7-16-45(37)21-25(18-37)19-38/h3-4,8-10,12,19-20,24,40H,5-7,11,13-18,21-23H2,1-2H3/b25-19-. The van der Waals surface area contributed by atoms with Gasteiger partial charge in [0.25, 0.3) is 6.47 Å². The van der Waals surface area contributed by atoms with Gasteiger partial charge in [0.1, 0.15) is 23.6 Å². The smallest absolute Gasteiger partial charge is 0.319 e. The van der Waals surface area contributed by atoms with Crippen LogP contribution in [0.1, 0.15) is 51.0 Å². The van der Waals surface area contributed by atoms with Crippen LogP contribution >= 0.6 is 0 Å². The van der Waals surface area contributed by atoms with E-state index in [1.54, 1.807) is 6.20 Å². The Hall–Kier alpha value is -4.22. The fraction of sp³-hybridized carbons (Fsp3) is 0.459. The molecule has 2 unspecified atom stereocenters. The quantitative estimate of drug-likeness (QED) is 0.151. The Morgan fingerprint density at radius 1 is 1.10 bits per heavy atom. The number of rotatable bonds is 11. The SMILES string of the molecule is CNC1(C)CCCN(c2nc(OCC34CCCN3C/C(=C\F)C4)nc3c(F)c(-c4cccc5cccc(CCCOC=O)c45)ncc23)C1. The van der Waals surface area contributed by atoms with Gasteiger partial charge in [-0.05, 0) is 87.4 Å². The fourth-order valence-electron chi connectivity index (χ4n) is 8.01. The summed E-state index contributed by atoms with van der Waals surface area (Å²) in [6.45, 7) is 6.17. The van der Waals surface area contributed by atoms with Crippen molar-refractivity contribution in [2.45, 2.75) is 62.9 Å². The largest absolute Gasteiger partial charge is 0.468 e. The van der Waals surface area contributed by atoms with Gasteiger partial charge >= 0.3 is 6.01 Å². The first-order valence-electron chi connectivity index (χ1n) is 16.9. The first-order valence-corrected chi connectivity index (χ1v) is 16.9. The van der Waals surface area contributed by atoms with E-state index in [-0.39, 0.29) is 28.3 Å². The van der Waals surface area contributed by atoms with Crippen LogP contribution in [0.3, 0.4) is 0 Å². The predicted molar refractivity (Wildman–Crippen MR) is 182 cm³/mol. The lowest BCUT2D eigenvalue weighted by molar-refractivity contribution is -0.128. The van der Waals surface area contributed by atoms with Crippen LogP contribution in [0.15, 0.2) is 54.5 Å². The average Bonchev–Trinajstić information content (AvgIpc) is 3.66. The molecule has 2 aromatic carbocycles. The molecule has 3 aliphatic heterocycles. The highest BCUT2D eigenvalue weighted by molar-refractivity contribution is 6.00. The lowest BCUT2D eigenvalue weighted by Gasteiger charge is -2.41. The highest BCUT2D eigenvalue weighted by Gasteiger charge is 2.47. The zero-order valence-corrected chi connectivity index (χ0v) is 27.6. The summed E-state index contributed by atoms with van der Waals surface area (Å²) in [5, 5.41) is 5.85. The number of aryl methyl sites for hydroxylation is 1. The van der Waals surface area contributed by atoms with E-state index in [2.05, 4.69) is 22.0 Å². The van der Waals surface area contributed by atoms with Crippen molar-refractivity contribution >= 4 is 34.0 Å². The summed E-state index contributed by atoms with van der Waals surface area (Å²) in [6.07, 6.45) is 8.17. The van der Waals surface area contributed by atoms with Crippen LogP contribution in [0.4, 0.5) is 14.6 Å². The van der Waals surface area contributed by atoms with Gasteiger partial charge in [-0.1, -0.05) is 36.4 Å². The van der Waals surface area contributed by atoms with Gasteiger partial charge in [-0.15, -0.1) is 0 Å².